The van der Waals surface area contributed by atoms with Gasteiger partial charge in [0.25, 0.3) is 0 Å². The Bertz CT molecular complexity index is 888. The maximum atomic E-state index is 4.57. The number of benzene rings is 2. The predicted octanol–water partition coefficient (Wildman–Crippen LogP) is 3.13. The van der Waals surface area contributed by atoms with Crippen LogP contribution in [-0.2, 0) is 0 Å². The third-order valence-electron chi connectivity index (χ3n) is 3.74. The first-order valence-electron chi connectivity index (χ1n) is 7.71. The smallest absolute Gasteiger partial charge is 0.217 e. The molecule has 4 rings (SSSR count). The van der Waals surface area contributed by atoms with Gasteiger partial charge in [-0.15, -0.1) is 10.2 Å². The molecule has 0 spiro atoms. The lowest BCUT2D eigenvalue weighted by Gasteiger charge is -2.01. The summed E-state index contributed by atoms with van der Waals surface area (Å²) in [6, 6.07) is 19.8. The van der Waals surface area contributed by atoms with Crippen LogP contribution in [-0.4, -0.2) is 29.5 Å². The molecule has 0 bridgehead atoms. The molecule has 0 amide bonds. The molecule has 0 atom stereocenters. The first-order valence-corrected chi connectivity index (χ1v) is 7.71. The van der Waals surface area contributed by atoms with Crippen LogP contribution < -0.4 is 0 Å². The van der Waals surface area contributed by atoms with E-state index >= 15 is 0 Å². The summed E-state index contributed by atoms with van der Waals surface area (Å²) >= 11 is 0. The molecule has 0 aliphatic heterocycles. The number of hydrogen-bond acceptors (Lipinski definition) is 4. The second-order valence-corrected chi connectivity index (χ2v) is 5.46. The van der Waals surface area contributed by atoms with Crippen molar-refractivity contribution in [3.05, 3.63) is 72.3 Å². The molecule has 0 saturated carbocycles. The molecule has 0 N–H and O–H groups in total. The highest BCUT2D eigenvalue weighted by Gasteiger charge is 2.16. The Kier molecular flexibility index (Phi) is 3.42. The Hall–Kier alpha value is -3.28. The minimum Gasteiger partial charge on any atom is -0.217 e. The van der Waals surface area contributed by atoms with Crippen LogP contribution in [0.25, 0.3) is 23.0 Å². The maximum absolute atomic E-state index is 4.57. The highest BCUT2D eigenvalue weighted by Crippen LogP contribution is 2.17. The topological polar surface area (TPSA) is 61.4 Å². The molecule has 0 aliphatic rings. The number of rotatable bonds is 3. The van der Waals surface area contributed by atoms with Gasteiger partial charge in [0.05, 0.1) is 11.4 Å². The zero-order valence-corrected chi connectivity index (χ0v) is 13.5. The third kappa shape index (κ3) is 2.48. The lowest BCUT2D eigenvalue weighted by atomic mass is 10.3. The molecule has 2 aromatic heterocycles. The molecular formula is C18H16N6. The van der Waals surface area contributed by atoms with Crippen molar-refractivity contribution < 1.29 is 0 Å². The largest absolute Gasteiger partial charge is 0.221 e. The van der Waals surface area contributed by atoms with E-state index in [-0.39, 0.29) is 0 Å². The Labute approximate surface area is 139 Å². The fraction of sp³-hybridized carbons (Fsp3) is 0.111. The van der Waals surface area contributed by atoms with Gasteiger partial charge in [-0.2, -0.15) is 0 Å². The van der Waals surface area contributed by atoms with Gasteiger partial charge < -0.3 is 0 Å². The van der Waals surface area contributed by atoms with Crippen molar-refractivity contribution in [1.29, 1.82) is 0 Å². The molecule has 4 aromatic rings. The van der Waals surface area contributed by atoms with Crippen molar-refractivity contribution in [2.45, 2.75) is 13.8 Å². The zero-order chi connectivity index (χ0) is 16.5. The van der Waals surface area contributed by atoms with Crippen molar-refractivity contribution >= 4 is 0 Å². The Morgan fingerprint density at radius 2 is 0.958 bits per heavy atom. The molecule has 24 heavy (non-hydrogen) atoms. The average Bonchev–Trinajstić information content (AvgIpc) is 3.19. The molecule has 0 saturated heterocycles. The van der Waals surface area contributed by atoms with Crippen molar-refractivity contribution in [2.24, 2.45) is 0 Å². The van der Waals surface area contributed by atoms with Crippen LogP contribution in [0, 0.1) is 13.8 Å². The van der Waals surface area contributed by atoms with E-state index in [1.807, 2.05) is 74.5 Å². The summed E-state index contributed by atoms with van der Waals surface area (Å²) in [4.78, 5) is 9.04. The van der Waals surface area contributed by atoms with Gasteiger partial charge in [0.1, 0.15) is 11.6 Å². The molecule has 0 radical (unpaired) electrons. The second-order valence-electron chi connectivity index (χ2n) is 5.46. The van der Waals surface area contributed by atoms with Gasteiger partial charge in [0.2, 0.25) is 11.6 Å². The molecule has 6 heteroatoms. The fourth-order valence-corrected chi connectivity index (χ4v) is 2.60. The average molecular weight is 316 g/mol. The van der Waals surface area contributed by atoms with Crippen LogP contribution in [0.15, 0.2) is 60.7 Å². The lowest BCUT2D eigenvalue weighted by molar-refractivity contribution is 0.831. The van der Waals surface area contributed by atoms with Gasteiger partial charge >= 0.3 is 0 Å². The highest BCUT2D eigenvalue weighted by molar-refractivity contribution is 5.45. The van der Waals surface area contributed by atoms with Crippen molar-refractivity contribution in [3.8, 4) is 23.0 Å². The number of hydrogen-bond donors (Lipinski definition) is 0. The van der Waals surface area contributed by atoms with E-state index in [0.29, 0.717) is 11.6 Å². The molecule has 118 valence electrons. The molecule has 0 fully saturated rings. The minimum atomic E-state index is 0.522. The van der Waals surface area contributed by atoms with E-state index in [9.17, 15) is 0 Å². The number of para-hydroxylation sites is 2. The molecule has 2 aromatic carbocycles. The van der Waals surface area contributed by atoms with Gasteiger partial charge in [-0.25, -0.2) is 19.3 Å². The standard InChI is InChI=1S/C18H16N6/c1-13-19-17(21-23(13)15-9-5-3-6-10-15)18-20-14(2)24(22-18)16-11-7-4-8-12-16/h3-12H,1-2H3. The molecule has 6 nitrogen and oxygen atoms in total. The van der Waals surface area contributed by atoms with E-state index in [4.69, 9.17) is 0 Å². The van der Waals surface area contributed by atoms with Crippen molar-refractivity contribution in [3.63, 3.8) is 0 Å². The van der Waals surface area contributed by atoms with Crippen LogP contribution >= 0.6 is 0 Å². The minimum absolute atomic E-state index is 0.522. The van der Waals surface area contributed by atoms with Crippen LogP contribution in [0.3, 0.4) is 0 Å². The monoisotopic (exact) mass is 316 g/mol. The van der Waals surface area contributed by atoms with E-state index in [0.717, 1.165) is 23.0 Å². The van der Waals surface area contributed by atoms with Crippen molar-refractivity contribution in [1.82, 2.24) is 29.5 Å². The normalized spacial score (nSPS) is 10.9. The maximum Gasteiger partial charge on any atom is 0.221 e. The molecular weight excluding hydrogens is 300 g/mol. The van der Waals surface area contributed by atoms with Crippen molar-refractivity contribution in [2.75, 3.05) is 0 Å². The third-order valence-corrected chi connectivity index (χ3v) is 3.74. The van der Waals surface area contributed by atoms with Gasteiger partial charge in [0.15, 0.2) is 0 Å². The van der Waals surface area contributed by atoms with Gasteiger partial charge in [-0.05, 0) is 38.1 Å². The second kappa shape index (κ2) is 5.73. The number of aromatic nitrogens is 6. The van der Waals surface area contributed by atoms with Crippen LogP contribution in [0.2, 0.25) is 0 Å². The summed E-state index contributed by atoms with van der Waals surface area (Å²) in [5, 5.41) is 9.13. The van der Waals surface area contributed by atoms with E-state index in [2.05, 4.69) is 20.2 Å². The molecule has 2 heterocycles. The first-order chi connectivity index (χ1) is 11.7. The Balaban J connectivity index is 1.76. The van der Waals surface area contributed by atoms with Crippen LogP contribution in [0.5, 0.6) is 0 Å². The summed E-state index contributed by atoms with van der Waals surface area (Å²) < 4.78 is 3.60. The predicted molar refractivity (Wildman–Crippen MR) is 91.2 cm³/mol. The van der Waals surface area contributed by atoms with E-state index in [1.54, 1.807) is 9.36 Å². The first kappa shape index (κ1) is 14.3. The van der Waals surface area contributed by atoms with Crippen LogP contribution in [0.1, 0.15) is 11.6 Å². The van der Waals surface area contributed by atoms with Crippen LogP contribution in [0.4, 0.5) is 0 Å². The van der Waals surface area contributed by atoms with Gasteiger partial charge in [-0.1, -0.05) is 36.4 Å². The SMILES string of the molecule is Cc1nc(-c2nc(C)n(-c3ccccc3)n2)nn1-c1ccccc1. The highest BCUT2D eigenvalue weighted by atomic mass is 15.4. The summed E-state index contributed by atoms with van der Waals surface area (Å²) in [5.74, 6) is 2.64. The summed E-state index contributed by atoms with van der Waals surface area (Å²) in [7, 11) is 0. The number of aryl methyl sites for hydroxylation is 2. The Morgan fingerprint density at radius 3 is 1.33 bits per heavy atom. The summed E-state index contributed by atoms with van der Waals surface area (Å²) in [6.07, 6.45) is 0. The molecule has 0 aliphatic carbocycles. The quantitative estimate of drug-likeness (QED) is 0.582. The summed E-state index contributed by atoms with van der Waals surface area (Å²) in [6.45, 7) is 3.84. The lowest BCUT2D eigenvalue weighted by Crippen LogP contribution is -1.99. The Morgan fingerprint density at radius 1 is 0.583 bits per heavy atom. The van der Waals surface area contributed by atoms with E-state index < -0.39 is 0 Å². The number of nitrogens with zero attached hydrogens (tertiary/aromatic N) is 6. The summed E-state index contributed by atoms with van der Waals surface area (Å²) in [5.41, 5.74) is 1.93. The fourth-order valence-electron chi connectivity index (χ4n) is 2.60. The van der Waals surface area contributed by atoms with Gasteiger partial charge in [-0.3, -0.25) is 0 Å². The van der Waals surface area contributed by atoms with E-state index in [1.165, 1.54) is 0 Å². The molecule has 0 unspecified atom stereocenters. The zero-order valence-electron chi connectivity index (χ0n) is 13.5. The van der Waals surface area contributed by atoms with Gasteiger partial charge in [0, 0.05) is 0 Å².